The van der Waals surface area contributed by atoms with E-state index in [0.717, 1.165) is 25.2 Å². The van der Waals surface area contributed by atoms with E-state index in [2.05, 4.69) is 19.1 Å². The number of nitrogens with two attached hydrogens (primary N) is 1. The Labute approximate surface area is 124 Å². The van der Waals surface area contributed by atoms with Gasteiger partial charge in [0.2, 0.25) is 0 Å². The van der Waals surface area contributed by atoms with E-state index in [-0.39, 0.29) is 12.4 Å². The van der Waals surface area contributed by atoms with E-state index in [1.54, 1.807) is 0 Å². The van der Waals surface area contributed by atoms with E-state index in [1.165, 1.54) is 37.7 Å². The SMILES string of the molecule is CCCCCCCCOc1cccc(CCN)c1.Cl. The first kappa shape index (κ1) is 18.3. The van der Waals surface area contributed by atoms with Gasteiger partial charge in [-0.2, -0.15) is 0 Å². The summed E-state index contributed by atoms with van der Waals surface area (Å²) in [7, 11) is 0. The lowest BCUT2D eigenvalue weighted by molar-refractivity contribution is 0.304. The Balaban J connectivity index is 0.00000324. The van der Waals surface area contributed by atoms with Gasteiger partial charge in [-0.25, -0.2) is 0 Å². The van der Waals surface area contributed by atoms with Gasteiger partial charge in [0.25, 0.3) is 0 Å². The zero-order chi connectivity index (χ0) is 13.1. The van der Waals surface area contributed by atoms with E-state index in [1.807, 2.05) is 12.1 Å². The Bertz CT molecular complexity index is 317. The molecular weight excluding hydrogens is 258 g/mol. The van der Waals surface area contributed by atoms with Crippen molar-refractivity contribution in [3.63, 3.8) is 0 Å². The second-order valence-corrected chi connectivity index (χ2v) is 4.80. The molecule has 3 heteroatoms. The van der Waals surface area contributed by atoms with Gasteiger partial charge in [-0.05, 0) is 37.1 Å². The van der Waals surface area contributed by atoms with Crippen molar-refractivity contribution in [1.29, 1.82) is 0 Å². The number of ether oxygens (including phenoxy) is 1. The molecule has 0 aliphatic heterocycles. The third kappa shape index (κ3) is 8.90. The van der Waals surface area contributed by atoms with Crippen LogP contribution in [0.4, 0.5) is 0 Å². The maximum absolute atomic E-state index is 5.76. The second kappa shape index (κ2) is 12.3. The standard InChI is InChI=1S/C16H27NO.ClH/c1-2-3-4-5-6-7-13-18-16-10-8-9-15(14-16)11-12-17;/h8-10,14H,2-7,11-13,17H2,1H3;1H. The molecule has 0 spiro atoms. The number of unbranched alkanes of at least 4 members (excludes halogenated alkanes) is 5. The lowest BCUT2D eigenvalue weighted by atomic mass is 10.1. The molecule has 0 atom stereocenters. The van der Waals surface area contributed by atoms with Crippen molar-refractivity contribution in [2.75, 3.05) is 13.2 Å². The molecule has 2 nitrogen and oxygen atoms in total. The van der Waals surface area contributed by atoms with Crippen LogP contribution in [0, 0.1) is 0 Å². The molecular formula is C16H28ClNO. The molecule has 0 radical (unpaired) electrons. The summed E-state index contributed by atoms with van der Waals surface area (Å²) in [5, 5.41) is 0. The van der Waals surface area contributed by atoms with Crippen LogP contribution in [0.3, 0.4) is 0 Å². The van der Waals surface area contributed by atoms with Crippen LogP contribution in [0.15, 0.2) is 24.3 Å². The number of benzene rings is 1. The number of halogens is 1. The van der Waals surface area contributed by atoms with E-state index in [4.69, 9.17) is 10.5 Å². The van der Waals surface area contributed by atoms with Gasteiger partial charge in [0.1, 0.15) is 5.75 Å². The topological polar surface area (TPSA) is 35.2 Å². The van der Waals surface area contributed by atoms with Gasteiger partial charge < -0.3 is 10.5 Å². The van der Waals surface area contributed by atoms with Gasteiger partial charge in [0.15, 0.2) is 0 Å². The van der Waals surface area contributed by atoms with Gasteiger partial charge in [-0.1, -0.05) is 51.2 Å². The number of hydrogen-bond donors (Lipinski definition) is 1. The van der Waals surface area contributed by atoms with Crippen molar-refractivity contribution in [2.45, 2.75) is 51.9 Å². The average Bonchev–Trinajstić information content (AvgIpc) is 2.39. The Morgan fingerprint density at radius 1 is 1.05 bits per heavy atom. The highest BCUT2D eigenvalue weighted by Crippen LogP contribution is 2.14. The Hall–Kier alpha value is -0.730. The minimum atomic E-state index is 0. The fourth-order valence-electron chi connectivity index (χ4n) is 2.03. The molecule has 0 aromatic heterocycles. The highest BCUT2D eigenvalue weighted by molar-refractivity contribution is 5.85. The van der Waals surface area contributed by atoms with E-state index < -0.39 is 0 Å². The van der Waals surface area contributed by atoms with E-state index >= 15 is 0 Å². The highest BCUT2D eigenvalue weighted by atomic mass is 35.5. The minimum absolute atomic E-state index is 0. The van der Waals surface area contributed by atoms with Crippen molar-refractivity contribution in [1.82, 2.24) is 0 Å². The first-order chi connectivity index (χ1) is 8.86. The molecule has 0 saturated heterocycles. The summed E-state index contributed by atoms with van der Waals surface area (Å²) in [5.74, 6) is 0.981. The first-order valence-corrected chi connectivity index (χ1v) is 7.28. The summed E-state index contributed by atoms with van der Waals surface area (Å²) in [6, 6.07) is 8.27. The van der Waals surface area contributed by atoms with Gasteiger partial charge in [0.05, 0.1) is 6.61 Å². The van der Waals surface area contributed by atoms with Crippen molar-refractivity contribution in [2.24, 2.45) is 5.73 Å². The van der Waals surface area contributed by atoms with Crippen LogP contribution in [0.2, 0.25) is 0 Å². The van der Waals surface area contributed by atoms with Crippen LogP contribution in [0.1, 0.15) is 51.0 Å². The molecule has 19 heavy (non-hydrogen) atoms. The van der Waals surface area contributed by atoms with Crippen LogP contribution in [-0.2, 0) is 6.42 Å². The quantitative estimate of drug-likeness (QED) is 0.649. The summed E-state index contributed by atoms with van der Waals surface area (Å²) in [4.78, 5) is 0. The van der Waals surface area contributed by atoms with Crippen LogP contribution in [0.25, 0.3) is 0 Å². The highest BCUT2D eigenvalue weighted by Gasteiger charge is 1.97. The largest absolute Gasteiger partial charge is 0.494 e. The van der Waals surface area contributed by atoms with Gasteiger partial charge in [0, 0.05) is 0 Å². The van der Waals surface area contributed by atoms with Gasteiger partial charge in [-0.15, -0.1) is 12.4 Å². The Morgan fingerprint density at radius 2 is 1.79 bits per heavy atom. The molecule has 0 heterocycles. The third-order valence-electron chi connectivity index (χ3n) is 3.10. The molecule has 0 saturated carbocycles. The zero-order valence-corrected chi connectivity index (χ0v) is 12.9. The van der Waals surface area contributed by atoms with Crippen molar-refractivity contribution < 1.29 is 4.74 Å². The molecule has 1 rings (SSSR count). The van der Waals surface area contributed by atoms with Crippen LogP contribution >= 0.6 is 12.4 Å². The fraction of sp³-hybridized carbons (Fsp3) is 0.625. The van der Waals surface area contributed by atoms with Crippen molar-refractivity contribution >= 4 is 12.4 Å². The maximum atomic E-state index is 5.76. The summed E-state index contributed by atoms with van der Waals surface area (Å²) in [6.45, 7) is 3.77. The molecule has 2 N–H and O–H groups in total. The maximum Gasteiger partial charge on any atom is 0.119 e. The monoisotopic (exact) mass is 285 g/mol. The second-order valence-electron chi connectivity index (χ2n) is 4.80. The molecule has 0 bridgehead atoms. The summed E-state index contributed by atoms with van der Waals surface area (Å²) >= 11 is 0. The molecule has 0 aliphatic carbocycles. The molecule has 1 aromatic rings. The van der Waals surface area contributed by atoms with Crippen LogP contribution in [0.5, 0.6) is 5.75 Å². The Morgan fingerprint density at radius 3 is 2.53 bits per heavy atom. The van der Waals surface area contributed by atoms with E-state index in [9.17, 15) is 0 Å². The molecule has 0 aliphatic rings. The lowest BCUT2D eigenvalue weighted by Crippen LogP contribution is -2.03. The van der Waals surface area contributed by atoms with Crippen molar-refractivity contribution in [3.05, 3.63) is 29.8 Å². The smallest absolute Gasteiger partial charge is 0.119 e. The zero-order valence-electron chi connectivity index (χ0n) is 12.1. The fourth-order valence-corrected chi connectivity index (χ4v) is 2.03. The molecule has 0 fully saturated rings. The summed E-state index contributed by atoms with van der Waals surface area (Å²) in [6.07, 6.45) is 8.74. The predicted molar refractivity (Wildman–Crippen MR) is 85.3 cm³/mol. The van der Waals surface area contributed by atoms with Crippen molar-refractivity contribution in [3.8, 4) is 5.75 Å². The van der Waals surface area contributed by atoms with E-state index in [0.29, 0.717) is 6.54 Å². The number of hydrogen-bond acceptors (Lipinski definition) is 2. The van der Waals surface area contributed by atoms with Gasteiger partial charge in [-0.3, -0.25) is 0 Å². The third-order valence-corrected chi connectivity index (χ3v) is 3.10. The number of rotatable bonds is 10. The minimum Gasteiger partial charge on any atom is -0.494 e. The molecule has 110 valence electrons. The Kier molecular flexibility index (Phi) is 11.8. The average molecular weight is 286 g/mol. The van der Waals surface area contributed by atoms with Crippen LogP contribution < -0.4 is 10.5 Å². The molecule has 1 aromatic carbocycles. The van der Waals surface area contributed by atoms with Gasteiger partial charge >= 0.3 is 0 Å². The molecule has 0 unspecified atom stereocenters. The normalized spacial score (nSPS) is 10.0. The first-order valence-electron chi connectivity index (χ1n) is 7.28. The summed E-state index contributed by atoms with van der Waals surface area (Å²) in [5.41, 5.74) is 6.81. The summed E-state index contributed by atoms with van der Waals surface area (Å²) < 4.78 is 5.76. The molecule has 0 amide bonds. The van der Waals surface area contributed by atoms with Crippen LogP contribution in [-0.4, -0.2) is 13.2 Å². The lowest BCUT2D eigenvalue weighted by Gasteiger charge is -2.07. The predicted octanol–water partition coefficient (Wildman–Crippen LogP) is 4.35.